The maximum atomic E-state index is 13.0. The third kappa shape index (κ3) is 5.10. The highest BCUT2D eigenvalue weighted by molar-refractivity contribution is 7.92. The van der Waals surface area contributed by atoms with E-state index in [9.17, 15) is 18.0 Å². The fraction of sp³-hybridized carbons (Fsp3) is 0.300. The number of benzene rings is 2. The van der Waals surface area contributed by atoms with Crippen LogP contribution in [0.2, 0.25) is 0 Å². The lowest BCUT2D eigenvalue weighted by atomic mass is 9.87. The summed E-state index contributed by atoms with van der Waals surface area (Å²) in [5.74, 6) is -1.65. The first-order valence-electron chi connectivity index (χ1n) is 8.60. The average Bonchev–Trinajstić information content (AvgIpc) is 2.59. The first-order valence-corrected chi connectivity index (χ1v) is 10.1. The second-order valence-electron chi connectivity index (χ2n) is 7.42. The maximum absolute atomic E-state index is 13.0. The Hall–Kier alpha value is -2.87. The van der Waals surface area contributed by atoms with Crippen molar-refractivity contribution < 1.29 is 22.7 Å². The first-order chi connectivity index (χ1) is 12.9. The molecule has 28 heavy (non-hydrogen) atoms. The molecular weight excluding hydrogens is 380 g/mol. The summed E-state index contributed by atoms with van der Waals surface area (Å²) in [7, 11) is -3.96. The molecule has 0 atom stereocenters. The Labute approximate surface area is 164 Å². The highest BCUT2D eigenvalue weighted by Gasteiger charge is 2.23. The third-order valence-electron chi connectivity index (χ3n) is 4.08. The number of primary amides is 1. The number of ether oxygens (including phenoxy) is 1. The van der Waals surface area contributed by atoms with Gasteiger partial charge in [0.15, 0.2) is 6.61 Å². The van der Waals surface area contributed by atoms with Gasteiger partial charge in [-0.05, 0) is 41.7 Å². The van der Waals surface area contributed by atoms with E-state index in [2.05, 4.69) is 4.72 Å². The second kappa shape index (κ2) is 8.02. The van der Waals surface area contributed by atoms with E-state index in [1.54, 1.807) is 31.2 Å². The van der Waals surface area contributed by atoms with Crippen LogP contribution in [0.4, 0.5) is 5.69 Å². The van der Waals surface area contributed by atoms with Gasteiger partial charge in [0.25, 0.3) is 15.9 Å². The third-order valence-corrected chi connectivity index (χ3v) is 5.59. The molecule has 0 heterocycles. The van der Waals surface area contributed by atoms with E-state index in [4.69, 9.17) is 10.5 Å². The lowest BCUT2D eigenvalue weighted by molar-refractivity contribution is -0.121. The number of rotatable bonds is 6. The van der Waals surface area contributed by atoms with Gasteiger partial charge in [0.2, 0.25) is 0 Å². The molecule has 2 rings (SSSR count). The Morgan fingerprint density at radius 3 is 2.36 bits per heavy atom. The zero-order valence-electron chi connectivity index (χ0n) is 16.3. The van der Waals surface area contributed by atoms with Crippen molar-refractivity contribution in [1.82, 2.24) is 0 Å². The number of anilines is 1. The molecule has 7 nitrogen and oxygen atoms in total. The maximum Gasteiger partial charge on any atom is 0.340 e. The summed E-state index contributed by atoms with van der Waals surface area (Å²) in [4.78, 5) is 23.1. The van der Waals surface area contributed by atoms with Crippen molar-refractivity contribution in [2.45, 2.75) is 38.0 Å². The molecule has 0 saturated heterocycles. The summed E-state index contributed by atoms with van der Waals surface area (Å²) < 4.78 is 33.2. The standard InChI is InChI=1S/C20H24N2O5S/c1-13-9-10-14(20(2,3)4)11-17(13)28(25,26)22-16-8-6-5-7-15(16)19(24)27-12-18(21)23/h5-11,22H,12H2,1-4H3,(H2,21,23). The van der Waals surface area contributed by atoms with Gasteiger partial charge < -0.3 is 10.5 Å². The molecule has 0 bridgehead atoms. The molecule has 3 N–H and O–H groups in total. The molecule has 0 saturated carbocycles. The number of sulfonamides is 1. The number of hydrogen-bond donors (Lipinski definition) is 2. The van der Waals surface area contributed by atoms with Crippen LogP contribution in [0.25, 0.3) is 0 Å². The predicted molar refractivity (Wildman–Crippen MR) is 107 cm³/mol. The fourth-order valence-corrected chi connectivity index (χ4v) is 3.87. The summed E-state index contributed by atoms with van der Waals surface area (Å²) in [5, 5.41) is 0. The SMILES string of the molecule is Cc1ccc(C(C)(C)C)cc1S(=O)(=O)Nc1ccccc1C(=O)OCC(N)=O. The summed E-state index contributed by atoms with van der Waals surface area (Å²) >= 11 is 0. The van der Waals surface area contributed by atoms with Gasteiger partial charge in [-0.25, -0.2) is 13.2 Å². The van der Waals surface area contributed by atoms with Crippen molar-refractivity contribution in [3.63, 3.8) is 0 Å². The molecule has 1 amide bonds. The number of nitrogens with two attached hydrogens (primary N) is 1. The molecule has 8 heteroatoms. The number of aryl methyl sites for hydroxylation is 1. The molecule has 150 valence electrons. The van der Waals surface area contributed by atoms with E-state index < -0.39 is 28.5 Å². The molecule has 0 aliphatic heterocycles. The number of esters is 1. The number of hydrogen-bond acceptors (Lipinski definition) is 5. The summed E-state index contributed by atoms with van der Waals surface area (Å²) in [6.07, 6.45) is 0. The van der Waals surface area contributed by atoms with Gasteiger partial charge in [0, 0.05) is 0 Å². The Morgan fingerprint density at radius 1 is 1.11 bits per heavy atom. The first kappa shape index (κ1) is 21.4. The van der Waals surface area contributed by atoms with Gasteiger partial charge >= 0.3 is 5.97 Å². The molecule has 2 aromatic carbocycles. The smallest absolute Gasteiger partial charge is 0.340 e. The number of amides is 1. The van der Waals surface area contributed by atoms with E-state index in [1.807, 2.05) is 26.8 Å². The number of carbonyl (C=O) groups excluding carboxylic acids is 2. The topological polar surface area (TPSA) is 116 Å². The lowest BCUT2D eigenvalue weighted by Crippen LogP contribution is -2.22. The van der Waals surface area contributed by atoms with Crippen molar-refractivity contribution in [3.8, 4) is 0 Å². The van der Waals surface area contributed by atoms with E-state index in [-0.39, 0.29) is 21.6 Å². The molecule has 0 aliphatic carbocycles. The van der Waals surface area contributed by atoms with Crippen molar-refractivity contribution in [1.29, 1.82) is 0 Å². The summed E-state index contributed by atoms with van der Waals surface area (Å²) in [6, 6.07) is 11.3. The molecular formula is C20H24N2O5S. The Morgan fingerprint density at radius 2 is 1.75 bits per heavy atom. The van der Waals surface area contributed by atoms with Crippen LogP contribution in [0.3, 0.4) is 0 Å². The van der Waals surface area contributed by atoms with Crippen LogP contribution in [0.5, 0.6) is 0 Å². The van der Waals surface area contributed by atoms with Crippen LogP contribution >= 0.6 is 0 Å². The van der Waals surface area contributed by atoms with E-state index >= 15 is 0 Å². The van der Waals surface area contributed by atoms with Gasteiger partial charge in [-0.15, -0.1) is 0 Å². The van der Waals surface area contributed by atoms with E-state index in [0.717, 1.165) is 5.56 Å². The zero-order chi connectivity index (χ0) is 21.1. The van der Waals surface area contributed by atoms with Crippen molar-refractivity contribution in [2.24, 2.45) is 5.73 Å². The van der Waals surface area contributed by atoms with Crippen LogP contribution in [0.1, 0.15) is 42.3 Å². The highest BCUT2D eigenvalue weighted by atomic mass is 32.2. The number of para-hydroxylation sites is 1. The van der Waals surface area contributed by atoms with Gasteiger partial charge in [0.05, 0.1) is 16.1 Å². The highest BCUT2D eigenvalue weighted by Crippen LogP contribution is 2.28. The normalized spacial score (nSPS) is 11.7. The lowest BCUT2D eigenvalue weighted by Gasteiger charge is -2.21. The van der Waals surface area contributed by atoms with E-state index in [0.29, 0.717) is 5.56 Å². The average molecular weight is 404 g/mol. The molecule has 0 aliphatic rings. The Balaban J connectivity index is 2.41. The summed E-state index contributed by atoms with van der Waals surface area (Å²) in [5.41, 5.74) is 6.23. The van der Waals surface area contributed by atoms with Crippen LogP contribution < -0.4 is 10.5 Å². The van der Waals surface area contributed by atoms with Gasteiger partial charge in [-0.2, -0.15) is 0 Å². The second-order valence-corrected chi connectivity index (χ2v) is 9.07. The van der Waals surface area contributed by atoms with Crippen molar-refractivity contribution in [2.75, 3.05) is 11.3 Å². The van der Waals surface area contributed by atoms with Crippen LogP contribution in [0.15, 0.2) is 47.4 Å². The largest absolute Gasteiger partial charge is 0.452 e. The minimum Gasteiger partial charge on any atom is -0.452 e. The fourth-order valence-electron chi connectivity index (χ4n) is 2.52. The van der Waals surface area contributed by atoms with Crippen LogP contribution in [0, 0.1) is 6.92 Å². The Bertz CT molecular complexity index is 1010. The molecule has 0 aromatic heterocycles. The van der Waals surface area contributed by atoms with Crippen molar-refractivity contribution >= 4 is 27.6 Å². The van der Waals surface area contributed by atoms with Gasteiger partial charge in [0.1, 0.15) is 0 Å². The molecule has 0 spiro atoms. The molecule has 0 fully saturated rings. The monoisotopic (exact) mass is 404 g/mol. The minimum atomic E-state index is -3.96. The van der Waals surface area contributed by atoms with E-state index in [1.165, 1.54) is 12.1 Å². The van der Waals surface area contributed by atoms with Crippen LogP contribution in [-0.4, -0.2) is 26.9 Å². The zero-order valence-corrected chi connectivity index (χ0v) is 17.1. The minimum absolute atomic E-state index is 0.0167. The Kier molecular flexibility index (Phi) is 6.14. The molecule has 2 aromatic rings. The van der Waals surface area contributed by atoms with Gasteiger partial charge in [-0.3, -0.25) is 9.52 Å². The quantitative estimate of drug-likeness (QED) is 0.718. The predicted octanol–water partition coefficient (Wildman–Crippen LogP) is 2.74. The summed E-state index contributed by atoms with van der Waals surface area (Å²) in [6.45, 7) is 7.09. The number of carbonyl (C=O) groups is 2. The number of nitrogens with one attached hydrogen (secondary N) is 1. The van der Waals surface area contributed by atoms with Gasteiger partial charge in [-0.1, -0.05) is 45.0 Å². The molecule has 0 radical (unpaired) electrons. The molecule has 0 unspecified atom stereocenters. The van der Waals surface area contributed by atoms with Crippen LogP contribution in [-0.2, 0) is 25.0 Å². The van der Waals surface area contributed by atoms with Crippen molar-refractivity contribution in [3.05, 3.63) is 59.2 Å².